The van der Waals surface area contributed by atoms with Crippen LogP contribution >= 0.6 is 24.0 Å². The number of thiocarbonyl (C=S) groups is 1. The third kappa shape index (κ3) is 4.73. The topological polar surface area (TPSA) is 49.9 Å². The smallest absolute Gasteiger partial charge is 0.410 e. The number of thioether (sulfide) groups is 1. The SMILES string of the molecule is O=C(CSC(=S)c1ccccc1)N1CCC(N2CCCOC2=O)CC1. The van der Waals surface area contributed by atoms with E-state index in [1.165, 1.54) is 11.8 Å². The van der Waals surface area contributed by atoms with Crippen LogP contribution in [0.2, 0.25) is 0 Å². The molecular weight excluding hydrogens is 356 g/mol. The first kappa shape index (κ1) is 18.2. The molecule has 3 rings (SSSR count). The lowest BCUT2D eigenvalue weighted by molar-refractivity contribution is -0.129. The number of hydrogen-bond donors (Lipinski definition) is 0. The number of hydrogen-bond acceptors (Lipinski definition) is 5. The molecule has 0 N–H and O–H groups in total. The Hall–Kier alpha value is -1.60. The molecule has 1 aromatic carbocycles. The molecular formula is C18H22N2O3S2. The molecule has 5 nitrogen and oxygen atoms in total. The number of benzene rings is 1. The number of carbonyl (C=O) groups is 2. The van der Waals surface area contributed by atoms with Crippen LogP contribution < -0.4 is 0 Å². The molecule has 0 bridgehead atoms. The Labute approximate surface area is 157 Å². The zero-order valence-corrected chi connectivity index (χ0v) is 15.7. The van der Waals surface area contributed by atoms with Crippen molar-refractivity contribution >= 4 is 40.2 Å². The van der Waals surface area contributed by atoms with Crippen LogP contribution in [-0.4, -0.2) is 64.0 Å². The zero-order valence-electron chi connectivity index (χ0n) is 14.1. The van der Waals surface area contributed by atoms with E-state index in [1.807, 2.05) is 40.1 Å². The monoisotopic (exact) mass is 378 g/mol. The van der Waals surface area contributed by atoms with Gasteiger partial charge in [0.2, 0.25) is 5.91 Å². The molecule has 0 atom stereocenters. The van der Waals surface area contributed by atoms with Gasteiger partial charge >= 0.3 is 6.09 Å². The Kier molecular flexibility index (Phi) is 6.31. The standard InChI is InChI=1S/C18H22N2O3S2/c21-16(13-25-17(24)14-5-2-1-3-6-14)19-10-7-15(8-11-19)20-9-4-12-23-18(20)22/h1-3,5-6,15H,4,7-13H2. The molecule has 0 radical (unpaired) electrons. The van der Waals surface area contributed by atoms with Crippen molar-refractivity contribution in [2.45, 2.75) is 25.3 Å². The van der Waals surface area contributed by atoms with Gasteiger partial charge in [-0.05, 0) is 24.8 Å². The van der Waals surface area contributed by atoms with Crippen molar-refractivity contribution in [3.05, 3.63) is 35.9 Å². The van der Waals surface area contributed by atoms with Crippen molar-refractivity contribution in [1.29, 1.82) is 0 Å². The molecule has 7 heteroatoms. The fourth-order valence-electron chi connectivity index (χ4n) is 3.20. The number of cyclic esters (lactones) is 1. The Balaban J connectivity index is 1.44. The summed E-state index contributed by atoms with van der Waals surface area (Å²) in [7, 11) is 0. The van der Waals surface area contributed by atoms with Crippen LogP contribution in [0.15, 0.2) is 30.3 Å². The van der Waals surface area contributed by atoms with Gasteiger partial charge in [0, 0.05) is 25.7 Å². The van der Waals surface area contributed by atoms with Crippen LogP contribution in [0.1, 0.15) is 24.8 Å². The number of carbonyl (C=O) groups excluding carboxylic acids is 2. The summed E-state index contributed by atoms with van der Waals surface area (Å²) < 4.78 is 5.86. The van der Waals surface area contributed by atoms with Crippen LogP contribution in [0.4, 0.5) is 4.79 Å². The molecule has 2 heterocycles. The van der Waals surface area contributed by atoms with Crippen LogP contribution in [0.5, 0.6) is 0 Å². The number of likely N-dealkylation sites (tertiary alicyclic amines) is 1. The predicted octanol–water partition coefficient (Wildman–Crippen LogP) is 2.93. The Morgan fingerprint density at radius 2 is 1.92 bits per heavy atom. The van der Waals surface area contributed by atoms with Crippen LogP contribution in [0.25, 0.3) is 0 Å². The number of nitrogens with zero attached hydrogens (tertiary/aromatic N) is 2. The molecule has 134 valence electrons. The quantitative estimate of drug-likeness (QED) is 0.754. The van der Waals surface area contributed by atoms with Gasteiger partial charge in [0.1, 0.15) is 0 Å². The summed E-state index contributed by atoms with van der Waals surface area (Å²) in [5, 5.41) is 0. The molecule has 0 unspecified atom stereocenters. The Morgan fingerprint density at radius 1 is 1.20 bits per heavy atom. The van der Waals surface area contributed by atoms with Gasteiger partial charge in [-0.2, -0.15) is 0 Å². The minimum Gasteiger partial charge on any atom is -0.449 e. The van der Waals surface area contributed by atoms with E-state index in [1.54, 1.807) is 0 Å². The summed E-state index contributed by atoms with van der Waals surface area (Å²) in [5.74, 6) is 0.479. The molecule has 1 aromatic rings. The second-order valence-corrected chi connectivity index (χ2v) is 7.87. The molecule has 0 saturated carbocycles. The lowest BCUT2D eigenvalue weighted by Gasteiger charge is -2.39. The third-order valence-electron chi connectivity index (χ3n) is 4.60. The van der Waals surface area contributed by atoms with Crippen molar-refractivity contribution < 1.29 is 14.3 Å². The highest BCUT2D eigenvalue weighted by atomic mass is 32.2. The van der Waals surface area contributed by atoms with Crippen molar-refractivity contribution in [3.63, 3.8) is 0 Å². The van der Waals surface area contributed by atoms with E-state index >= 15 is 0 Å². The molecule has 0 aromatic heterocycles. The van der Waals surface area contributed by atoms with Gasteiger partial charge in [-0.1, -0.05) is 42.5 Å². The molecule has 2 fully saturated rings. The molecule has 2 aliphatic rings. The Morgan fingerprint density at radius 3 is 2.60 bits per heavy atom. The van der Waals surface area contributed by atoms with Gasteiger partial charge in [0.15, 0.2) is 0 Å². The average molecular weight is 379 g/mol. The summed E-state index contributed by atoms with van der Waals surface area (Å²) in [6.45, 7) is 2.65. The van der Waals surface area contributed by atoms with Crippen molar-refractivity contribution in [2.75, 3.05) is 32.0 Å². The Bertz CT molecular complexity index is 630. The lowest BCUT2D eigenvalue weighted by Crippen LogP contribution is -2.51. The highest BCUT2D eigenvalue weighted by molar-refractivity contribution is 8.24. The highest BCUT2D eigenvalue weighted by Gasteiger charge is 2.31. The largest absolute Gasteiger partial charge is 0.449 e. The van der Waals surface area contributed by atoms with Crippen molar-refractivity contribution in [1.82, 2.24) is 9.80 Å². The minimum atomic E-state index is -0.209. The number of amides is 2. The molecule has 2 amide bonds. The fourth-order valence-corrected chi connectivity index (χ4v) is 4.26. The van der Waals surface area contributed by atoms with E-state index in [4.69, 9.17) is 17.0 Å². The average Bonchev–Trinajstić information content (AvgIpc) is 2.67. The second kappa shape index (κ2) is 8.67. The summed E-state index contributed by atoms with van der Waals surface area (Å²) in [4.78, 5) is 28.0. The van der Waals surface area contributed by atoms with E-state index in [9.17, 15) is 9.59 Å². The summed E-state index contributed by atoms with van der Waals surface area (Å²) in [5.41, 5.74) is 0.984. The van der Waals surface area contributed by atoms with E-state index in [-0.39, 0.29) is 18.0 Å². The van der Waals surface area contributed by atoms with Gasteiger partial charge in [-0.15, -0.1) is 11.8 Å². The highest BCUT2D eigenvalue weighted by Crippen LogP contribution is 2.21. The van der Waals surface area contributed by atoms with Crippen LogP contribution in [0.3, 0.4) is 0 Å². The van der Waals surface area contributed by atoms with Gasteiger partial charge < -0.3 is 14.5 Å². The fraction of sp³-hybridized carbons (Fsp3) is 0.500. The maximum absolute atomic E-state index is 12.4. The van der Waals surface area contributed by atoms with Crippen LogP contribution in [0, 0.1) is 0 Å². The number of ether oxygens (including phenoxy) is 1. The lowest BCUT2D eigenvalue weighted by atomic mass is 10.0. The molecule has 0 aliphatic carbocycles. The van der Waals surface area contributed by atoms with E-state index < -0.39 is 0 Å². The van der Waals surface area contributed by atoms with Gasteiger partial charge in [0.25, 0.3) is 0 Å². The maximum atomic E-state index is 12.4. The van der Waals surface area contributed by atoms with E-state index in [2.05, 4.69) is 0 Å². The van der Waals surface area contributed by atoms with Gasteiger partial charge in [-0.3, -0.25) is 4.79 Å². The first-order valence-electron chi connectivity index (χ1n) is 8.58. The summed E-state index contributed by atoms with van der Waals surface area (Å²) in [6.07, 6.45) is 2.31. The van der Waals surface area contributed by atoms with Crippen molar-refractivity contribution in [3.8, 4) is 0 Å². The normalized spacial score (nSPS) is 18.8. The van der Waals surface area contributed by atoms with Crippen LogP contribution in [-0.2, 0) is 9.53 Å². The predicted molar refractivity (Wildman–Crippen MR) is 103 cm³/mol. The molecule has 25 heavy (non-hydrogen) atoms. The number of rotatable bonds is 4. The third-order valence-corrected chi connectivity index (χ3v) is 6.08. The minimum absolute atomic E-state index is 0.114. The zero-order chi connectivity index (χ0) is 17.6. The maximum Gasteiger partial charge on any atom is 0.410 e. The first-order chi connectivity index (χ1) is 12.1. The molecule has 2 aliphatic heterocycles. The first-order valence-corrected chi connectivity index (χ1v) is 9.98. The summed E-state index contributed by atoms with van der Waals surface area (Å²) >= 11 is 6.81. The van der Waals surface area contributed by atoms with E-state index in [0.29, 0.717) is 25.4 Å². The molecule has 2 saturated heterocycles. The van der Waals surface area contributed by atoms with E-state index in [0.717, 1.165) is 35.6 Å². The van der Waals surface area contributed by atoms with Crippen molar-refractivity contribution in [2.24, 2.45) is 0 Å². The summed E-state index contributed by atoms with van der Waals surface area (Å²) in [6, 6.07) is 9.95. The van der Waals surface area contributed by atoms with Gasteiger partial charge in [-0.25, -0.2) is 4.79 Å². The second-order valence-electron chi connectivity index (χ2n) is 6.22. The number of piperidine rings is 1. The molecule has 0 spiro atoms. The van der Waals surface area contributed by atoms with Gasteiger partial charge in [0.05, 0.1) is 16.6 Å².